The zero-order chi connectivity index (χ0) is 22.3. The predicted octanol–water partition coefficient (Wildman–Crippen LogP) is 5.36. The lowest BCUT2D eigenvalue weighted by molar-refractivity contribution is -0.132. The zero-order valence-corrected chi connectivity index (χ0v) is 19.1. The monoisotopic (exact) mass is 432 g/mol. The third kappa shape index (κ3) is 3.78. The third-order valence-electron chi connectivity index (χ3n) is 7.14. The number of anilines is 2. The molecule has 1 fully saturated rings. The van der Waals surface area contributed by atoms with Crippen LogP contribution in [0, 0.1) is 5.92 Å². The van der Waals surface area contributed by atoms with Crippen molar-refractivity contribution in [3.8, 4) is 5.75 Å². The second-order valence-electron chi connectivity index (χ2n) is 9.90. The van der Waals surface area contributed by atoms with E-state index in [0.717, 1.165) is 37.1 Å². The molecule has 5 heteroatoms. The molecule has 2 heterocycles. The molecule has 0 unspecified atom stereocenters. The highest BCUT2D eigenvalue weighted by Gasteiger charge is 2.42. The molecule has 2 aliphatic heterocycles. The summed E-state index contributed by atoms with van der Waals surface area (Å²) in [5.41, 5.74) is 2.64. The van der Waals surface area contributed by atoms with E-state index in [2.05, 4.69) is 6.07 Å². The summed E-state index contributed by atoms with van der Waals surface area (Å²) in [4.78, 5) is 30.6. The van der Waals surface area contributed by atoms with Gasteiger partial charge in [-0.2, -0.15) is 0 Å². The molecular weight excluding hydrogens is 400 g/mol. The normalized spacial score (nSPS) is 20.4. The van der Waals surface area contributed by atoms with E-state index in [9.17, 15) is 9.59 Å². The molecule has 168 valence electrons. The van der Waals surface area contributed by atoms with Crippen molar-refractivity contribution in [2.75, 3.05) is 22.9 Å². The fourth-order valence-corrected chi connectivity index (χ4v) is 5.41. The summed E-state index contributed by atoms with van der Waals surface area (Å²) in [6, 6.07) is 13.7. The summed E-state index contributed by atoms with van der Waals surface area (Å²) < 4.78 is 6.07. The summed E-state index contributed by atoms with van der Waals surface area (Å²) in [7, 11) is 0. The molecule has 0 bridgehead atoms. The van der Waals surface area contributed by atoms with Crippen LogP contribution >= 0.6 is 0 Å². The van der Waals surface area contributed by atoms with Gasteiger partial charge < -0.3 is 14.5 Å². The van der Waals surface area contributed by atoms with E-state index in [1.807, 2.05) is 60.0 Å². The van der Waals surface area contributed by atoms with E-state index in [0.29, 0.717) is 30.3 Å². The molecule has 1 aliphatic carbocycles. The number of nitrogens with zero attached hydrogens (tertiary/aromatic N) is 2. The molecule has 0 atom stereocenters. The van der Waals surface area contributed by atoms with E-state index in [-0.39, 0.29) is 11.8 Å². The van der Waals surface area contributed by atoms with Gasteiger partial charge >= 0.3 is 0 Å². The predicted molar refractivity (Wildman–Crippen MR) is 127 cm³/mol. The van der Waals surface area contributed by atoms with Crippen LogP contribution in [0.25, 0.3) is 0 Å². The number of hydrogen-bond donors (Lipinski definition) is 0. The molecule has 0 spiro atoms. The summed E-state index contributed by atoms with van der Waals surface area (Å²) in [5, 5.41) is 0. The number of para-hydroxylation sites is 1. The number of amides is 2. The van der Waals surface area contributed by atoms with Crippen LogP contribution in [-0.2, 0) is 11.2 Å². The van der Waals surface area contributed by atoms with Gasteiger partial charge in [0.25, 0.3) is 11.8 Å². The Balaban J connectivity index is 1.48. The summed E-state index contributed by atoms with van der Waals surface area (Å²) >= 11 is 0. The number of carbonyl (C=O) groups is 2. The van der Waals surface area contributed by atoms with Crippen LogP contribution in [0.2, 0.25) is 0 Å². The molecule has 3 aliphatic rings. The van der Waals surface area contributed by atoms with Gasteiger partial charge in [-0.25, -0.2) is 0 Å². The number of hydrogen-bond acceptors (Lipinski definition) is 3. The Hall–Kier alpha value is -2.82. The van der Waals surface area contributed by atoms with Crippen molar-refractivity contribution in [1.82, 2.24) is 0 Å². The van der Waals surface area contributed by atoms with Crippen molar-refractivity contribution in [1.29, 1.82) is 0 Å². The van der Waals surface area contributed by atoms with E-state index < -0.39 is 5.60 Å². The molecule has 1 saturated carbocycles. The van der Waals surface area contributed by atoms with Gasteiger partial charge in [0, 0.05) is 24.3 Å². The van der Waals surface area contributed by atoms with Gasteiger partial charge in [-0.1, -0.05) is 37.5 Å². The van der Waals surface area contributed by atoms with Gasteiger partial charge in [-0.3, -0.25) is 9.59 Å². The molecular formula is C27H32N2O3. The van der Waals surface area contributed by atoms with E-state index in [1.54, 1.807) is 0 Å². The molecule has 2 amide bonds. The molecule has 5 nitrogen and oxygen atoms in total. The van der Waals surface area contributed by atoms with Crippen LogP contribution in [0.1, 0.15) is 68.3 Å². The average Bonchev–Trinajstić information content (AvgIpc) is 2.81. The lowest BCUT2D eigenvalue weighted by Crippen LogP contribution is -2.53. The van der Waals surface area contributed by atoms with Crippen molar-refractivity contribution < 1.29 is 14.3 Å². The maximum absolute atomic E-state index is 13.5. The maximum Gasteiger partial charge on any atom is 0.270 e. The molecule has 2 aromatic carbocycles. The number of aryl methyl sites for hydroxylation is 1. The zero-order valence-electron chi connectivity index (χ0n) is 19.1. The van der Waals surface area contributed by atoms with Gasteiger partial charge in [-0.05, 0) is 75.3 Å². The Morgan fingerprint density at radius 3 is 2.62 bits per heavy atom. The number of carbonyl (C=O) groups excluding carboxylic acids is 2. The molecule has 32 heavy (non-hydrogen) atoms. The van der Waals surface area contributed by atoms with Crippen LogP contribution in [0.5, 0.6) is 5.75 Å². The van der Waals surface area contributed by atoms with Crippen LogP contribution in [0.4, 0.5) is 11.4 Å². The highest BCUT2D eigenvalue weighted by molar-refractivity contribution is 6.09. The molecule has 5 rings (SSSR count). The number of rotatable bonds is 3. The van der Waals surface area contributed by atoms with Gasteiger partial charge in [0.05, 0.1) is 5.69 Å². The van der Waals surface area contributed by atoms with Crippen LogP contribution in [-0.4, -0.2) is 30.5 Å². The third-order valence-corrected chi connectivity index (χ3v) is 7.14. The minimum Gasteiger partial charge on any atom is -0.476 e. The number of ether oxygens (including phenoxy) is 1. The Morgan fingerprint density at radius 2 is 1.81 bits per heavy atom. The van der Waals surface area contributed by atoms with Gasteiger partial charge in [0.15, 0.2) is 5.60 Å². The number of fused-ring (bicyclic) bond motifs is 2. The quantitative estimate of drug-likeness (QED) is 0.656. The Morgan fingerprint density at radius 1 is 1.03 bits per heavy atom. The second-order valence-corrected chi connectivity index (χ2v) is 9.90. The van der Waals surface area contributed by atoms with E-state index >= 15 is 0 Å². The molecule has 0 aromatic heterocycles. The van der Waals surface area contributed by atoms with Crippen molar-refractivity contribution in [2.45, 2.75) is 64.4 Å². The van der Waals surface area contributed by atoms with Crippen molar-refractivity contribution in [3.05, 3.63) is 53.6 Å². The maximum atomic E-state index is 13.5. The summed E-state index contributed by atoms with van der Waals surface area (Å²) in [6.07, 6.45) is 8.01. The minimum atomic E-state index is -0.904. The highest BCUT2D eigenvalue weighted by Crippen LogP contribution is 2.40. The molecule has 2 aromatic rings. The standard InChI is InChI=1S/C27H32N2O3/c1-27(2)26(31)29(18-19-9-4-3-5-10-19)23-17-21(14-15-24(23)32-27)25(30)28-16-8-12-20-11-6-7-13-22(20)28/h6-7,11,13-15,17,19H,3-5,8-10,12,16,18H2,1-2H3. The Kier molecular flexibility index (Phi) is 5.44. The smallest absolute Gasteiger partial charge is 0.270 e. The van der Waals surface area contributed by atoms with Gasteiger partial charge in [0.1, 0.15) is 5.75 Å². The first kappa shape index (κ1) is 21.0. The molecule has 0 N–H and O–H groups in total. The van der Waals surface area contributed by atoms with E-state index in [1.165, 1.54) is 24.8 Å². The van der Waals surface area contributed by atoms with E-state index in [4.69, 9.17) is 4.74 Å². The van der Waals surface area contributed by atoms with Crippen LogP contribution < -0.4 is 14.5 Å². The van der Waals surface area contributed by atoms with Crippen molar-refractivity contribution >= 4 is 23.2 Å². The second kappa shape index (κ2) is 8.27. The highest BCUT2D eigenvalue weighted by atomic mass is 16.5. The van der Waals surface area contributed by atoms with Crippen LogP contribution in [0.15, 0.2) is 42.5 Å². The first-order chi connectivity index (χ1) is 15.4. The Bertz CT molecular complexity index is 1040. The SMILES string of the molecule is CC1(C)Oc2ccc(C(=O)N3CCCc4ccccc43)cc2N(CC2CCCCC2)C1=O. The largest absolute Gasteiger partial charge is 0.476 e. The van der Waals surface area contributed by atoms with Gasteiger partial charge in [0.2, 0.25) is 0 Å². The fraction of sp³-hybridized carbons (Fsp3) is 0.481. The van der Waals surface area contributed by atoms with Crippen molar-refractivity contribution in [2.24, 2.45) is 5.92 Å². The number of benzene rings is 2. The summed E-state index contributed by atoms with van der Waals surface area (Å²) in [5.74, 6) is 1.14. The topological polar surface area (TPSA) is 49.9 Å². The first-order valence-corrected chi connectivity index (χ1v) is 12.0. The average molecular weight is 433 g/mol. The minimum absolute atomic E-state index is 0.0187. The summed E-state index contributed by atoms with van der Waals surface area (Å²) in [6.45, 7) is 5.07. The first-order valence-electron chi connectivity index (χ1n) is 12.0. The van der Waals surface area contributed by atoms with Crippen molar-refractivity contribution in [3.63, 3.8) is 0 Å². The Labute approximate surface area is 190 Å². The fourth-order valence-electron chi connectivity index (χ4n) is 5.41. The lowest BCUT2D eigenvalue weighted by Gasteiger charge is -2.41. The molecule has 0 radical (unpaired) electrons. The van der Waals surface area contributed by atoms with Gasteiger partial charge in [-0.15, -0.1) is 0 Å². The lowest BCUT2D eigenvalue weighted by atomic mass is 9.88. The van der Waals surface area contributed by atoms with Crippen LogP contribution in [0.3, 0.4) is 0 Å². The molecule has 0 saturated heterocycles.